The highest BCUT2D eigenvalue weighted by atomic mass is 127. The lowest BCUT2D eigenvalue weighted by atomic mass is 10.3. The predicted octanol–water partition coefficient (Wildman–Crippen LogP) is 6.09. The molecule has 0 aromatic rings. The van der Waals surface area contributed by atoms with Crippen molar-refractivity contribution < 1.29 is 4.43 Å². The molecule has 0 spiro atoms. The number of rotatable bonds is 7. The first-order valence-corrected chi connectivity index (χ1v) is 10.8. The summed E-state index contributed by atoms with van der Waals surface area (Å²) in [7, 11) is -1.73. The van der Waals surface area contributed by atoms with E-state index in [0.29, 0.717) is 6.42 Å². The summed E-state index contributed by atoms with van der Waals surface area (Å²) in [5.41, 5.74) is 0. The highest BCUT2D eigenvalue weighted by Crippen LogP contribution is 2.38. The van der Waals surface area contributed by atoms with Gasteiger partial charge in [0.05, 0.1) is 6.10 Å². The van der Waals surface area contributed by atoms with E-state index in [2.05, 4.69) is 43.4 Å². The van der Waals surface area contributed by atoms with Crippen molar-refractivity contribution in [3.63, 3.8) is 0 Å². The van der Waals surface area contributed by atoms with Crippen LogP contribution < -0.4 is 0 Å². The minimum absolute atomic E-state index is 0.343. The first kappa shape index (κ1) is 18.5. The second-order valence-corrected chi connectivity index (χ2v) is 11.8. The number of halogens is 4. The third-order valence-corrected chi connectivity index (χ3v) is 9.02. The van der Waals surface area contributed by atoms with Crippen molar-refractivity contribution in [2.45, 2.75) is 55.2 Å². The minimum atomic E-state index is -1.73. The first-order valence-electron chi connectivity index (χ1n) is 5.85. The Balaban J connectivity index is 4.83. The molecule has 0 aromatic carbocycles. The predicted molar refractivity (Wildman–Crippen MR) is 90.1 cm³/mol. The molecule has 0 N–H and O–H groups in total. The van der Waals surface area contributed by atoms with Crippen LogP contribution >= 0.6 is 57.4 Å². The molecule has 0 radical (unpaired) electrons. The fourth-order valence-corrected chi connectivity index (χ4v) is 5.52. The molecular formula is C11H20Cl3IOSi. The summed E-state index contributed by atoms with van der Waals surface area (Å²) in [5, 5.41) is 0. The molecule has 102 valence electrons. The van der Waals surface area contributed by atoms with E-state index in [0.717, 1.165) is 18.1 Å². The zero-order valence-electron chi connectivity index (χ0n) is 10.5. The van der Waals surface area contributed by atoms with E-state index < -0.39 is 12.1 Å². The molecule has 17 heavy (non-hydrogen) atoms. The Kier molecular flexibility index (Phi) is 9.41. The minimum Gasteiger partial charge on any atom is -0.409 e. The Morgan fingerprint density at radius 1 is 1.18 bits per heavy atom. The van der Waals surface area contributed by atoms with Crippen LogP contribution in [0.3, 0.4) is 0 Å². The summed E-state index contributed by atoms with van der Waals surface area (Å²) >= 11 is 20.2. The van der Waals surface area contributed by atoms with Gasteiger partial charge in [0, 0.05) is 0 Å². The van der Waals surface area contributed by atoms with Gasteiger partial charge >= 0.3 is 0 Å². The lowest BCUT2D eigenvalue weighted by Crippen LogP contribution is -2.44. The van der Waals surface area contributed by atoms with E-state index >= 15 is 0 Å². The number of hydrogen-bond donors (Lipinski definition) is 0. The van der Waals surface area contributed by atoms with Crippen molar-refractivity contribution in [1.29, 1.82) is 0 Å². The Labute approximate surface area is 134 Å². The molecule has 0 unspecified atom stereocenters. The SMILES string of the molecule is CC[Si](CC)(CC)O[C@H](C/C=C/I)C(Cl)(Cl)Cl. The van der Waals surface area contributed by atoms with E-state index in [4.69, 9.17) is 39.2 Å². The zero-order chi connectivity index (χ0) is 13.5. The van der Waals surface area contributed by atoms with Crippen LogP contribution in [0.15, 0.2) is 10.2 Å². The molecule has 6 heteroatoms. The Morgan fingerprint density at radius 2 is 1.65 bits per heavy atom. The van der Waals surface area contributed by atoms with E-state index in [1.807, 2.05) is 10.2 Å². The van der Waals surface area contributed by atoms with Crippen LogP contribution in [0.25, 0.3) is 0 Å². The van der Waals surface area contributed by atoms with Crippen LogP contribution in [0.1, 0.15) is 27.2 Å². The van der Waals surface area contributed by atoms with Gasteiger partial charge in [-0.1, -0.05) is 84.2 Å². The first-order chi connectivity index (χ1) is 7.85. The van der Waals surface area contributed by atoms with Gasteiger partial charge in [0.25, 0.3) is 0 Å². The van der Waals surface area contributed by atoms with Crippen molar-refractivity contribution >= 4 is 65.7 Å². The van der Waals surface area contributed by atoms with Gasteiger partial charge in [0.1, 0.15) is 0 Å². The van der Waals surface area contributed by atoms with Crippen molar-refractivity contribution in [3.05, 3.63) is 10.2 Å². The quantitative estimate of drug-likeness (QED) is 0.270. The maximum Gasteiger partial charge on any atom is 0.215 e. The second-order valence-electron chi connectivity index (χ2n) is 3.99. The van der Waals surface area contributed by atoms with Crippen LogP contribution in [0, 0.1) is 0 Å². The molecule has 0 aliphatic rings. The number of alkyl halides is 3. The van der Waals surface area contributed by atoms with Gasteiger partial charge in [-0.25, -0.2) is 0 Å². The van der Waals surface area contributed by atoms with Crippen LogP contribution in [0.2, 0.25) is 18.1 Å². The zero-order valence-corrected chi connectivity index (χ0v) is 15.9. The highest BCUT2D eigenvalue weighted by Gasteiger charge is 2.39. The number of hydrogen-bond acceptors (Lipinski definition) is 1. The van der Waals surface area contributed by atoms with E-state index in [1.165, 1.54) is 0 Å². The monoisotopic (exact) mass is 428 g/mol. The normalized spacial score (nSPS) is 15.5. The standard InChI is InChI=1S/C11H20Cl3IOSi/c1-4-17(5-2,6-3)16-10(8-7-9-15)11(12,13)14/h7,9-10H,4-6,8H2,1-3H3/b9-7+/t10-/m1/s1. The van der Waals surface area contributed by atoms with E-state index in [1.54, 1.807) is 0 Å². The molecule has 0 amide bonds. The van der Waals surface area contributed by atoms with Crippen molar-refractivity contribution in [2.24, 2.45) is 0 Å². The van der Waals surface area contributed by atoms with Crippen LogP contribution in [-0.4, -0.2) is 18.2 Å². The van der Waals surface area contributed by atoms with E-state index in [9.17, 15) is 0 Å². The van der Waals surface area contributed by atoms with Crippen molar-refractivity contribution in [1.82, 2.24) is 0 Å². The molecule has 0 heterocycles. The summed E-state index contributed by atoms with van der Waals surface area (Å²) in [5.74, 6) is 0. The average Bonchev–Trinajstić information content (AvgIpc) is 2.29. The lowest BCUT2D eigenvalue weighted by molar-refractivity contribution is 0.193. The lowest BCUT2D eigenvalue weighted by Gasteiger charge is -2.35. The van der Waals surface area contributed by atoms with Gasteiger partial charge in [-0.15, -0.1) is 0 Å². The Morgan fingerprint density at radius 3 is 1.94 bits per heavy atom. The van der Waals surface area contributed by atoms with Crippen molar-refractivity contribution in [2.75, 3.05) is 0 Å². The molecule has 0 fully saturated rings. The second kappa shape index (κ2) is 8.64. The van der Waals surface area contributed by atoms with Crippen LogP contribution in [-0.2, 0) is 4.43 Å². The third-order valence-electron chi connectivity index (χ3n) is 3.13. The van der Waals surface area contributed by atoms with E-state index in [-0.39, 0.29) is 6.10 Å². The molecule has 0 bridgehead atoms. The van der Waals surface area contributed by atoms with Gasteiger partial charge in [0.15, 0.2) is 8.32 Å². The third kappa shape index (κ3) is 6.48. The molecular weight excluding hydrogens is 409 g/mol. The fraction of sp³-hybridized carbons (Fsp3) is 0.818. The maximum atomic E-state index is 6.24. The topological polar surface area (TPSA) is 9.23 Å². The molecule has 0 aliphatic heterocycles. The molecule has 0 aliphatic carbocycles. The Bertz CT molecular complexity index is 231. The largest absolute Gasteiger partial charge is 0.409 e. The summed E-state index contributed by atoms with van der Waals surface area (Å²) < 4.78 is 6.82. The van der Waals surface area contributed by atoms with Gasteiger partial charge in [-0.2, -0.15) is 0 Å². The molecule has 0 aromatic heterocycles. The van der Waals surface area contributed by atoms with Gasteiger partial charge < -0.3 is 4.43 Å². The molecule has 0 saturated carbocycles. The summed E-state index contributed by atoms with van der Waals surface area (Å²) in [6.07, 6.45) is 2.28. The summed E-state index contributed by atoms with van der Waals surface area (Å²) in [6.45, 7) is 6.51. The fourth-order valence-electron chi connectivity index (χ4n) is 1.73. The summed E-state index contributed by atoms with van der Waals surface area (Å²) in [6, 6.07) is 3.18. The van der Waals surface area contributed by atoms with Gasteiger partial charge in [-0.3, -0.25) is 0 Å². The molecule has 0 saturated heterocycles. The smallest absolute Gasteiger partial charge is 0.215 e. The molecule has 1 nitrogen and oxygen atoms in total. The van der Waals surface area contributed by atoms with Crippen LogP contribution in [0.5, 0.6) is 0 Å². The highest BCUT2D eigenvalue weighted by molar-refractivity contribution is 14.1. The maximum absolute atomic E-state index is 6.24. The van der Waals surface area contributed by atoms with Crippen LogP contribution in [0.4, 0.5) is 0 Å². The van der Waals surface area contributed by atoms with Crippen molar-refractivity contribution in [3.8, 4) is 0 Å². The average molecular weight is 430 g/mol. The van der Waals surface area contributed by atoms with Gasteiger partial charge in [-0.05, 0) is 28.6 Å². The summed E-state index contributed by atoms with van der Waals surface area (Å²) in [4.78, 5) is 0. The van der Waals surface area contributed by atoms with Gasteiger partial charge in [0.2, 0.25) is 3.79 Å². The Hall–Kier alpha value is 1.52. The molecule has 0 rings (SSSR count). The molecule has 1 atom stereocenters.